The summed E-state index contributed by atoms with van der Waals surface area (Å²) < 4.78 is 5.12. The van der Waals surface area contributed by atoms with Gasteiger partial charge in [0.25, 0.3) is 0 Å². The second kappa shape index (κ2) is 7.47. The maximum atomic E-state index is 11.4. The summed E-state index contributed by atoms with van der Waals surface area (Å²) >= 11 is 0. The zero-order valence-electron chi connectivity index (χ0n) is 12.1. The first-order valence-corrected chi connectivity index (χ1v) is 6.50. The van der Waals surface area contributed by atoms with Gasteiger partial charge in [-0.15, -0.1) is 0 Å². The maximum absolute atomic E-state index is 11.4. The van der Waals surface area contributed by atoms with Gasteiger partial charge < -0.3 is 15.3 Å². The summed E-state index contributed by atoms with van der Waals surface area (Å²) in [5.41, 5.74) is 0.886. The van der Waals surface area contributed by atoms with E-state index in [1.165, 1.54) is 0 Å². The van der Waals surface area contributed by atoms with Crippen molar-refractivity contribution in [3.05, 3.63) is 30.1 Å². The molecule has 2 N–H and O–H groups in total. The molecular formula is C14H21N3O3. The Kier molecular flexibility index (Phi) is 5.96. The number of alkyl carbamates (subject to hydrolysis) is 1. The number of pyridine rings is 1. The molecule has 1 aromatic heterocycles. The Hall–Kier alpha value is -2.11. The van der Waals surface area contributed by atoms with E-state index in [-0.39, 0.29) is 0 Å². The van der Waals surface area contributed by atoms with E-state index in [0.717, 1.165) is 5.56 Å². The highest BCUT2D eigenvalue weighted by molar-refractivity contribution is 6.00. The Morgan fingerprint density at radius 2 is 2.05 bits per heavy atom. The lowest BCUT2D eigenvalue weighted by atomic mass is 10.1. The van der Waals surface area contributed by atoms with Crippen LogP contribution in [-0.4, -0.2) is 34.1 Å². The van der Waals surface area contributed by atoms with Gasteiger partial charge in [0.2, 0.25) is 0 Å². The van der Waals surface area contributed by atoms with Crippen molar-refractivity contribution in [2.24, 2.45) is 5.16 Å². The average Bonchev–Trinajstić information content (AvgIpc) is 2.38. The monoisotopic (exact) mass is 279 g/mol. The van der Waals surface area contributed by atoms with Crippen LogP contribution in [0.5, 0.6) is 0 Å². The highest BCUT2D eigenvalue weighted by Gasteiger charge is 2.15. The summed E-state index contributed by atoms with van der Waals surface area (Å²) in [7, 11) is 0. The standard InChI is InChI=1S/C14H21N3O3/c1-14(2,3)20-13(18)16-8-4-5-12(17-19)11-6-9-15-10-7-11/h6-7,9-10,19H,4-5,8H2,1-3H3,(H,16,18). The van der Waals surface area contributed by atoms with Crippen LogP contribution >= 0.6 is 0 Å². The lowest BCUT2D eigenvalue weighted by Gasteiger charge is -2.19. The molecule has 0 saturated carbocycles. The zero-order chi connectivity index (χ0) is 15.0. The molecule has 1 aromatic rings. The minimum Gasteiger partial charge on any atom is -0.444 e. The highest BCUT2D eigenvalue weighted by Crippen LogP contribution is 2.07. The average molecular weight is 279 g/mol. The third-order valence-electron chi connectivity index (χ3n) is 2.39. The van der Waals surface area contributed by atoms with Crippen LogP contribution in [0.4, 0.5) is 4.79 Å². The molecule has 0 aromatic carbocycles. The van der Waals surface area contributed by atoms with E-state index in [4.69, 9.17) is 9.94 Å². The Morgan fingerprint density at radius 1 is 1.40 bits per heavy atom. The summed E-state index contributed by atoms with van der Waals surface area (Å²) in [6.07, 6.45) is 4.04. The van der Waals surface area contributed by atoms with Crippen LogP contribution in [0.25, 0.3) is 0 Å². The fraction of sp³-hybridized carbons (Fsp3) is 0.500. The second-order valence-electron chi connectivity index (χ2n) is 5.31. The van der Waals surface area contributed by atoms with Gasteiger partial charge in [-0.25, -0.2) is 4.79 Å². The summed E-state index contributed by atoms with van der Waals surface area (Å²) in [5.74, 6) is 0. The molecule has 110 valence electrons. The van der Waals surface area contributed by atoms with Gasteiger partial charge in [-0.3, -0.25) is 4.98 Å². The van der Waals surface area contributed by atoms with Crippen LogP contribution < -0.4 is 5.32 Å². The molecule has 6 nitrogen and oxygen atoms in total. The highest BCUT2D eigenvalue weighted by atomic mass is 16.6. The number of carbonyl (C=O) groups is 1. The first kappa shape index (κ1) is 15.9. The van der Waals surface area contributed by atoms with Crippen LogP contribution in [0.2, 0.25) is 0 Å². The van der Waals surface area contributed by atoms with E-state index in [0.29, 0.717) is 25.1 Å². The Labute approximate surface area is 118 Å². The third kappa shape index (κ3) is 6.17. The fourth-order valence-electron chi connectivity index (χ4n) is 1.56. The van der Waals surface area contributed by atoms with Gasteiger partial charge in [-0.1, -0.05) is 5.16 Å². The number of nitrogens with one attached hydrogen (secondary N) is 1. The van der Waals surface area contributed by atoms with Gasteiger partial charge in [0.05, 0.1) is 5.71 Å². The SMILES string of the molecule is CC(C)(C)OC(=O)NCCCC(=NO)c1ccncc1. The van der Waals surface area contributed by atoms with Crippen LogP contribution in [0.1, 0.15) is 39.2 Å². The molecular weight excluding hydrogens is 258 g/mol. The van der Waals surface area contributed by atoms with Crippen molar-refractivity contribution in [1.82, 2.24) is 10.3 Å². The molecule has 0 aliphatic heterocycles. The molecule has 1 rings (SSSR count). The molecule has 20 heavy (non-hydrogen) atoms. The van der Waals surface area contributed by atoms with Crippen molar-refractivity contribution in [2.45, 2.75) is 39.2 Å². The van der Waals surface area contributed by atoms with E-state index in [1.807, 2.05) is 20.8 Å². The number of oxime groups is 1. The minimum atomic E-state index is -0.501. The number of hydrogen-bond donors (Lipinski definition) is 2. The molecule has 0 aliphatic carbocycles. The molecule has 0 bridgehead atoms. The van der Waals surface area contributed by atoms with Gasteiger partial charge in [0, 0.05) is 24.5 Å². The van der Waals surface area contributed by atoms with E-state index < -0.39 is 11.7 Å². The molecule has 0 unspecified atom stereocenters. The van der Waals surface area contributed by atoms with Crippen molar-refractivity contribution in [2.75, 3.05) is 6.54 Å². The quantitative estimate of drug-likeness (QED) is 0.375. The molecule has 0 saturated heterocycles. The Morgan fingerprint density at radius 3 is 2.60 bits per heavy atom. The number of amides is 1. The molecule has 6 heteroatoms. The number of hydrogen-bond acceptors (Lipinski definition) is 5. The molecule has 0 atom stereocenters. The Bertz CT molecular complexity index is 452. The summed E-state index contributed by atoms with van der Waals surface area (Å²) in [6.45, 7) is 5.89. The van der Waals surface area contributed by atoms with Crippen LogP contribution in [0.15, 0.2) is 29.7 Å². The van der Waals surface area contributed by atoms with Crippen LogP contribution in [-0.2, 0) is 4.74 Å². The third-order valence-corrected chi connectivity index (χ3v) is 2.39. The summed E-state index contributed by atoms with van der Waals surface area (Å²) in [4.78, 5) is 15.3. The largest absolute Gasteiger partial charge is 0.444 e. The van der Waals surface area contributed by atoms with Crippen molar-refractivity contribution in [3.63, 3.8) is 0 Å². The molecule has 0 aliphatic rings. The lowest BCUT2D eigenvalue weighted by Crippen LogP contribution is -2.33. The predicted octanol–water partition coefficient (Wildman–Crippen LogP) is 2.56. The van der Waals surface area contributed by atoms with Crippen molar-refractivity contribution >= 4 is 11.8 Å². The van der Waals surface area contributed by atoms with Gasteiger partial charge in [0.1, 0.15) is 5.60 Å². The fourth-order valence-corrected chi connectivity index (χ4v) is 1.56. The number of aromatic nitrogens is 1. The van der Waals surface area contributed by atoms with E-state index in [1.54, 1.807) is 24.5 Å². The molecule has 0 spiro atoms. The number of carbonyl (C=O) groups excluding carboxylic acids is 1. The summed E-state index contributed by atoms with van der Waals surface area (Å²) in [5, 5.41) is 14.9. The number of nitrogens with zero attached hydrogens (tertiary/aromatic N) is 2. The van der Waals surface area contributed by atoms with Crippen molar-refractivity contribution < 1.29 is 14.7 Å². The van der Waals surface area contributed by atoms with E-state index >= 15 is 0 Å². The molecule has 0 radical (unpaired) electrons. The second-order valence-corrected chi connectivity index (χ2v) is 5.31. The van der Waals surface area contributed by atoms with Crippen molar-refractivity contribution in [3.8, 4) is 0 Å². The smallest absolute Gasteiger partial charge is 0.407 e. The van der Waals surface area contributed by atoms with E-state index in [9.17, 15) is 4.79 Å². The van der Waals surface area contributed by atoms with Crippen molar-refractivity contribution in [1.29, 1.82) is 0 Å². The number of ether oxygens (including phenoxy) is 1. The maximum Gasteiger partial charge on any atom is 0.407 e. The van der Waals surface area contributed by atoms with Gasteiger partial charge in [-0.2, -0.15) is 0 Å². The predicted molar refractivity (Wildman–Crippen MR) is 76.0 cm³/mol. The summed E-state index contributed by atoms with van der Waals surface area (Å²) in [6, 6.07) is 3.55. The first-order valence-electron chi connectivity index (χ1n) is 6.50. The van der Waals surface area contributed by atoms with Crippen LogP contribution in [0, 0.1) is 0 Å². The normalized spacial score (nSPS) is 12.1. The van der Waals surface area contributed by atoms with Gasteiger partial charge in [-0.05, 0) is 45.7 Å². The minimum absolute atomic E-state index is 0.441. The zero-order valence-corrected chi connectivity index (χ0v) is 12.1. The van der Waals surface area contributed by atoms with E-state index in [2.05, 4.69) is 15.5 Å². The van der Waals surface area contributed by atoms with Gasteiger partial charge in [0.15, 0.2) is 0 Å². The Balaban J connectivity index is 2.32. The molecule has 0 fully saturated rings. The topological polar surface area (TPSA) is 83.8 Å². The van der Waals surface area contributed by atoms with Gasteiger partial charge >= 0.3 is 6.09 Å². The molecule has 1 heterocycles. The molecule has 1 amide bonds. The van der Waals surface area contributed by atoms with Crippen LogP contribution in [0.3, 0.4) is 0 Å². The first-order chi connectivity index (χ1) is 9.42. The number of rotatable bonds is 5. The lowest BCUT2D eigenvalue weighted by molar-refractivity contribution is 0.0527.